The van der Waals surface area contributed by atoms with Crippen molar-refractivity contribution < 1.29 is 9.32 Å². The lowest BCUT2D eigenvalue weighted by atomic mass is 10.3. The molecule has 11 heteroatoms. The fraction of sp³-hybridized carbons (Fsp3) is 0.571. The molecule has 2 aliphatic rings. The Balaban J connectivity index is 0.00000289. The van der Waals surface area contributed by atoms with E-state index in [0.29, 0.717) is 43.0 Å². The summed E-state index contributed by atoms with van der Waals surface area (Å²) in [5, 5.41) is 10.5. The molecule has 0 aromatic carbocycles. The van der Waals surface area contributed by atoms with Gasteiger partial charge in [0.05, 0.1) is 6.54 Å². The van der Waals surface area contributed by atoms with Gasteiger partial charge in [-0.05, 0) is 31.9 Å². The Labute approximate surface area is 205 Å². The minimum atomic E-state index is 0. The van der Waals surface area contributed by atoms with Crippen molar-refractivity contribution in [2.45, 2.75) is 32.2 Å². The molecular weight excluding hydrogens is 523 g/mol. The Kier molecular flexibility index (Phi) is 9.21. The maximum atomic E-state index is 12.0. The van der Waals surface area contributed by atoms with Gasteiger partial charge >= 0.3 is 0 Å². The van der Waals surface area contributed by atoms with Crippen LogP contribution in [0.5, 0.6) is 0 Å². The molecule has 4 rings (SSSR count). The zero-order valence-electron chi connectivity index (χ0n) is 18.4. The predicted octanol–water partition coefficient (Wildman–Crippen LogP) is 1.15. The van der Waals surface area contributed by atoms with Crippen LogP contribution in [0.25, 0.3) is 11.6 Å². The van der Waals surface area contributed by atoms with Gasteiger partial charge in [-0.15, -0.1) is 24.0 Å². The number of carbonyl (C=O) groups is 1. The molecule has 0 unspecified atom stereocenters. The van der Waals surface area contributed by atoms with E-state index in [1.54, 1.807) is 6.20 Å². The van der Waals surface area contributed by atoms with Gasteiger partial charge in [0.1, 0.15) is 5.69 Å². The van der Waals surface area contributed by atoms with Gasteiger partial charge in [-0.25, -0.2) is 0 Å². The summed E-state index contributed by atoms with van der Waals surface area (Å²) >= 11 is 0. The number of guanidine groups is 1. The van der Waals surface area contributed by atoms with E-state index in [1.807, 2.05) is 18.2 Å². The third-order valence-electron chi connectivity index (χ3n) is 5.27. The van der Waals surface area contributed by atoms with E-state index >= 15 is 0 Å². The molecule has 2 aromatic heterocycles. The molecule has 32 heavy (non-hydrogen) atoms. The number of piperazine rings is 1. The zero-order chi connectivity index (χ0) is 21.5. The lowest BCUT2D eigenvalue weighted by Gasteiger charge is -2.36. The smallest absolute Gasteiger partial charge is 0.276 e. The van der Waals surface area contributed by atoms with Crippen molar-refractivity contribution in [3.8, 4) is 11.6 Å². The molecule has 1 aliphatic carbocycles. The molecule has 0 spiro atoms. The lowest BCUT2D eigenvalue weighted by molar-refractivity contribution is -0.122. The van der Waals surface area contributed by atoms with Crippen LogP contribution in [0, 0.1) is 0 Å². The first kappa shape index (κ1) is 24.4. The topological polar surface area (TPSA) is 112 Å². The van der Waals surface area contributed by atoms with Crippen LogP contribution in [0.2, 0.25) is 0 Å². The largest absolute Gasteiger partial charge is 0.357 e. The highest BCUT2D eigenvalue weighted by atomic mass is 127. The van der Waals surface area contributed by atoms with Crippen LogP contribution >= 0.6 is 24.0 Å². The Morgan fingerprint density at radius 2 is 2.06 bits per heavy atom. The maximum absolute atomic E-state index is 12.0. The van der Waals surface area contributed by atoms with E-state index in [0.717, 1.165) is 51.5 Å². The predicted molar refractivity (Wildman–Crippen MR) is 132 cm³/mol. The number of hydrogen-bond acceptors (Lipinski definition) is 7. The van der Waals surface area contributed by atoms with Gasteiger partial charge in [0.25, 0.3) is 5.89 Å². The molecule has 1 saturated heterocycles. The summed E-state index contributed by atoms with van der Waals surface area (Å²) in [4.78, 5) is 29.9. The van der Waals surface area contributed by atoms with Crippen LogP contribution in [0.4, 0.5) is 0 Å². The Morgan fingerprint density at radius 3 is 2.75 bits per heavy atom. The summed E-state index contributed by atoms with van der Waals surface area (Å²) in [5.74, 6) is 2.07. The monoisotopic (exact) mass is 554 g/mol. The average molecular weight is 554 g/mol. The fourth-order valence-electron chi connectivity index (χ4n) is 3.46. The second kappa shape index (κ2) is 12.1. The lowest BCUT2D eigenvalue weighted by Crippen LogP contribution is -2.54. The van der Waals surface area contributed by atoms with E-state index in [-0.39, 0.29) is 29.9 Å². The SMILES string of the molecule is CCNC(=NCCc1noc(-c2ccccn2)n1)N1CCN(CC(=O)NC2CC2)CC1.I. The van der Waals surface area contributed by atoms with Crippen LogP contribution in [0.3, 0.4) is 0 Å². The Hall–Kier alpha value is -2.28. The van der Waals surface area contributed by atoms with Crippen molar-refractivity contribution in [1.29, 1.82) is 0 Å². The van der Waals surface area contributed by atoms with E-state index in [4.69, 9.17) is 9.52 Å². The number of nitrogens with zero attached hydrogens (tertiary/aromatic N) is 6. The molecule has 2 N–H and O–H groups in total. The second-order valence-electron chi connectivity index (χ2n) is 7.82. The number of aliphatic imine (C=N–C) groups is 1. The quantitative estimate of drug-likeness (QED) is 0.284. The van der Waals surface area contributed by atoms with E-state index < -0.39 is 0 Å². The molecular formula is C21H31IN8O2. The van der Waals surface area contributed by atoms with Crippen molar-refractivity contribution in [1.82, 2.24) is 35.6 Å². The molecule has 174 valence electrons. The van der Waals surface area contributed by atoms with E-state index in [2.05, 4.69) is 42.5 Å². The first-order chi connectivity index (χ1) is 15.2. The highest BCUT2D eigenvalue weighted by Gasteiger charge is 2.25. The molecule has 0 radical (unpaired) electrons. The van der Waals surface area contributed by atoms with Gasteiger partial charge < -0.3 is 20.1 Å². The second-order valence-corrected chi connectivity index (χ2v) is 7.82. The van der Waals surface area contributed by atoms with Crippen LogP contribution in [0.15, 0.2) is 33.9 Å². The summed E-state index contributed by atoms with van der Waals surface area (Å²) in [6.45, 7) is 7.29. The van der Waals surface area contributed by atoms with Crippen molar-refractivity contribution in [2.75, 3.05) is 45.8 Å². The minimum absolute atomic E-state index is 0. The van der Waals surface area contributed by atoms with Crippen molar-refractivity contribution in [3.05, 3.63) is 30.2 Å². The number of amides is 1. The summed E-state index contributed by atoms with van der Waals surface area (Å²) in [6.07, 6.45) is 4.53. The van der Waals surface area contributed by atoms with Gasteiger partial charge in [-0.1, -0.05) is 11.2 Å². The molecule has 0 atom stereocenters. The van der Waals surface area contributed by atoms with E-state index in [9.17, 15) is 4.79 Å². The van der Waals surface area contributed by atoms with Crippen molar-refractivity contribution >= 4 is 35.8 Å². The van der Waals surface area contributed by atoms with Gasteiger partial charge in [-0.3, -0.25) is 19.7 Å². The van der Waals surface area contributed by atoms with Gasteiger partial charge in [-0.2, -0.15) is 4.98 Å². The normalized spacial score (nSPS) is 17.0. The molecule has 2 fully saturated rings. The van der Waals surface area contributed by atoms with E-state index in [1.165, 1.54) is 0 Å². The number of aromatic nitrogens is 3. The minimum Gasteiger partial charge on any atom is -0.357 e. The number of hydrogen-bond donors (Lipinski definition) is 2. The summed E-state index contributed by atoms with van der Waals surface area (Å²) in [6, 6.07) is 5.99. The first-order valence-corrected chi connectivity index (χ1v) is 11.0. The van der Waals surface area contributed by atoms with Crippen LogP contribution in [0.1, 0.15) is 25.6 Å². The number of rotatable bonds is 8. The van der Waals surface area contributed by atoms with Gasteiger partial charge in [0.15, 0.2) is 11.8 Å². The molecule has 10 nitrogen and oxygen atoms in total. The first-order valence-electron chi connectivity index (χ1n) is 11.0. The standard InChI is InChI=1S/C21H30N8O2.HI/c1-2-22-21(29-13-11-28(12-14-29)15-19(30)25-16-6-7-16)24-10-8-18-26-20(31-27-18)17-5-3-4-9-23-17;/h3-5,9,16H,2,6-8,10-15H2,1H3,(H,22,24)(H,25,30);1H. The number of halogens is 1. The summed E-state index contributed by atoms with van der Waals surface area (Å²) < 4.78 is 5.31. The van der Waals surface area contributed by atoms with Gasteiger partial charge in [0, 0.05) is 57.9 Å². The summed E-state index contributed by atoms with van der Waals surface area (Å²) in [5.41, 5.74) is 0.668. The number of nitrogens with one attached hydrogen (secondary N) is 2. The molecule has 3 heterocycles. The molecule has 1 aliphatic heterocycles. The zero-order valence-corrected chi connectivity index (χ0v) is 20.7. The fourth-order valence-corrected chi connectivity index (χ4v) is 3.46. The third-order valence-corrected chi connectivity index (χ3v) is 5.27. The van der Waals surface area contributed by atoms with Crippen molar-refractivity contribution in [3.63, 3.8) is 0 Å². The van der Waals surface area contributed by atoms with Crippen LogP contribution in [-0.2, 0) is 11.2 Å². The summed E-state index contributed by atoms with van der Waals surface area (Å²) in [7, 11) is 0. The Morgan fingerprint density at radius 1 is 1.25 bits per heavy atom. The maximum Gasteiger partial charge on any atom is 0.276 e. The molecule has 1 amide bonds. The molecule has 1 saturated carbocycles. The highest BCUT2D eigenvalue weighted by molar-refractivity contribution is 14.0. The number of pyridine rings is 1. The Bertz CT molecular complexity index is 879. The van der Waals surface area contributed by atoms with Crippen molar-refractivity contribution in [2.24, 2.45) is 4.99 Å². The third kappa shape index (κ3) is 7.12. The molecule has 0 bridgehead atoms. The highest BCUT2D eigenvalue weighted by Crippen LogP contribution is 2.18. The average Bonchev–Trinajstić information content (AvgIpc) is 3.47. The van der Waals surface area contributed by atoms with Crippen LogP contribution in [-0.4, -0.2) is 88.6 Å². The molecule has 2 aromatic rings. The van der Waals surface area contributed by atoms with Crippen LogP contribution < -0.4 is 10.6 Å². The number of carbonyl (C=O) groups excluding carboxylic acids is 1. The van der Waals surface area contributed by atoms with Gasteiger partial charge in [0.2, 0.25) is 5.91 Å².